The summed E-state index contributed by atoms with van der Waals surface area (Å²) in [5.41, 5.74) is 0.293. The molecule has 0 saturated carbocycles. The molecule has 1 rings (SSSR count). The minimum Gasteiger partial charge on any atom is -0.461 e. The number of rotatable bonds is 16. The summed E-state index contributed by atoms with van der Waals surface area (Å²) in [6.07, 6.45) is 14.1. The summed E-state index contributed by atoms with van der Waals surface area (Å²) >= 11 is 0. The third kappa shape index (κ3) is 11.1. The van der Waals surface area contributed by atoms with Gasteiger partial charge >= 0.3 is 11.9 Å². The fourth-order valence-corrected chi connectivity index (χ4v) is 2.87. The summed E-state index contributed by atoms with van der Waals surface area (Å²) in [4.78, 5) is 28.1. The highest BCUT2D eigenvalue weighted by atomic mass is 16.5. The van der Waals surface area contributed by atoms with Gasteiger partial charge in [-0.25, -0.2) is 14.6 Å². The third-order valence-corrected chi connectivity index (χ3v) is 4.63. The van der Waals surface area contributed by atoms with Crippen LogP contribution < -0.4 is 0 Å². The van der Waals surface area contributed by atoms with Gasteiger partial charge in [-0.1, -0.05) is 84.1 Å². The summed E-state index contributed by atoms with van der Waals surface area (Å²) < 4.78 is 10.4. The molecule has 0 spiro atoms. The maximum atomic E-state index is 12.1. The average Bonchev–Trinajstić information content (AvgIpc) is 2.72. The number of unbranched alkanes of at least 4 members (excludes halogenated alkanes) is 10. The zero-order chi connectivity index (χ0) is 20.5. The van der Waals surface area contributed by atoms with Crippen LogP contribution in [0.2, 0.25) is 0 Å². The van der Waals surface area contributed by atoms with E-state index < -0.39 is 11.9 Å². The van der Waals surface area contributed by atoms with Crippen LogP contribution in [0.3, 0.4) is 0 Å². The van der Waals surface area contributed by atoms with E-state index in [1.54, 1.807) is 18.2 Å². The average molecular weight is 392 g/mol. The summed E-state index contributed by atoms with van der Waals surface area (Å²) in [6, 6.07) is 4.73. The van der Waals surface area contributed by atoms with Crippen LogP contribution in [0.5, 0.6) is 0 Å². The summed E-state index contributed by atoms with van der Waals surface area (Å²) in [5.74, 6) is -0.989. The maximum absolute atomic E-state index is 12.1. The molecule has 0 aliphatic rings. The molecule has 0 fully saturated rings. The lowest BCUT2D eigenvalue weighted by molar-refractivity contribution is 0.0483. The normalized spacial score (nSPS) is 10.6. The number of carbonyl (C=O) groups is 2. The first kappa shape index (κ1) is 24.1. The van der Waals surface area contributed by atoms with Crippen molar-refractivity contribution in [3.05, 3.63) is 29.6 Å². The predicted octanol–water partition coefficient (Wildman–Crippen LogP) is 6.12. The lowest BCUT2D eigenvalue weighted by atomic mass is 10.1. The number of carbonyl (C=O) groups excluding carboxylic acids is 2. The molecule has 0 radical (unpaired) electrons. The lowest BCUT2D eigenvalue weighted by Gasteiger charge is -2.06. The number of ether oxygens (including phenoxy) is 2. The van der Waals surface area contributed by atoms with E-state index in [0.29, 0.717) is 13.2 Å². The second-order valence-corrected chi connectivity index (χ2v) is 7.22. The zero-order valence-electron chi connectivity index (χ0n) is 17.7. The Balaban J connectivity index is 2.17. The number of esters is 2. The standard InChI is InChI=1S/C23H37NO4/c1-3-5-7-8-9-10-11-12-13-14-19-28-23(26)21-17-15-16-20(24-21)22(25)27-18-6-4-2/h15-17H,3-14,18-19H2,1-2H3. The molecule has 28 heavy (non-hydrogen) atoms. The molecule has 0 aromatic carbocycles. The quantitative estimate of drug-likeness (QED) is 0.251. The van der Waals surface area contributed by atoms with Gasteiger partial charge in [0.15, 0.2) is 0 Å². The van der Waals surface area contributed by atoms with Gasteiger partial charge < -0.3 is 9.47 Å². The van der Waals surface area contributed by atoms with Crippen molar-refractivity contribution >= 4 is 11.9 Å². The molecule has 0 aliphatic heterocycles. The van der Waals surface area contributed by atoms with Crippen LogP contribution in [0.4, 0.5) is 0 Å². The van der Waals surface area contributed by atoms with Crippen LogP contribution in [0.1, 0.15) is 112 Å². The van der Waals surface area contributed by atoms with Gasteiger partial charge in [0, 0.05) is 0 Å². The van der Waals surface area contributed by atoms with Gasteiger partial charge in [0.1, 0.15) is 11.4 Å². The highest BCUT2D eigenvalue weighted by molar-refractivity contribution is 5.91. The molecule has 0 N–H and O–H groups in total. The van der Waals surface area contributed by atoms with Crippen molar-refractivity contribution in [2.24, 2.45) is 0 Å². The van der Waals surface area contributed by atoms with Crippen LogP contribution in [0.15, 0.2) is 18.2 Å². The van der Waals surface area contributed by atoms with Crippen molar-refractivity contribution < 1.29 is 19.1 Å². The van der Waals surface area contributed by atoms with Crippen molar-refractivity contribution in [2.45, 2.75) is 90.9 Å². The van der Waals surface area contributed by atoms with E-state index in [1.807, 2.05) is 6.92 Å². The Morgan fingerprint density at radius 3 is 1.61 bits per heavy atom. The SMILES string of the molecule is CCCCCCCCCCCCOC(=O)c1cccc(C(=O)OCCCC)n1. The monoisotopic (exact) mass is 391 g/mol. The molecule has 0 aliphatic carbocycles. The van der Waals surface area contributed by atoms with Gasteiger partial charge in [0.25, 0.3) is 0 Å². The van der Waals surface area contributed by atoms with Gasteiger partial charge in [0.2, 0.25) is 0 Å². The minimum absolute atomic E-state index is 0.143. The number of pyridine rings is 1. The van der Waals surface area contributed by atoms with E-state index in [2.05, 4.69) is 11.9 Å². The van der Waals surface area contributed by atoms with Gasteiger partial charge in [-0.15, -0.1) is 0 Å². The molecule has 5 heteroatoms. The predicted molar refractivity (Wildman–Crippen MR) is 112 cm³/mol. The summed E-state index contributed by atoms with van der Waals surface area (Å²) in [5, 5.41) is 0. The molecule has 0 bridgehead atoms. The number of hydrogen-bond donors (Lipinski definition) is 0. The molecule has 5 nitrogen and oxygen atoms in total. The van der Waals surface area contributed by atoms with E-state index in [1.165, 1.54) is 51.4 Å². The van der Waals surface area contributed by atoms with Crippen molar-refractivity contribution in [3.8, 4) is 0 Å². The Morgan fingerprint density at radius 2 is 1.11 bits per heavy atom. The number of nitrogens with zero attached hydrogens (tertiary/aromatic N) is 1. The molecule has 158 valence electrons. The summed E-state index contributed by atoms with van der Waals surface area (Å²) in [7, 11) is 0. The van der Waals surface area contributed by atoms with Crippen LogP contribution in [0.25, 0.3) is 0 Å². The first-order valence-electron chi connectivity index (χ1n) is 11.0. The number of hydrogen-bond acceptors (Lipinski definition) is 5. The minimum atomic E-state index is -0.502. The maximum Gasteiger partial charge on any atom is 0.356 e. The number of aromatic nitrogens is 1. The Bertz CT molecular complexity index is 559. The van der Waals surface area contributed by atoms with Crippen molar-refractivity contribution in [2.75, 3.05) is 13.2 Å². The van der Waals surface area contributed by atoms with Crippen molar-refractivity contribution in [3.63, 3.8) is 0 Å². The fourth-order valence-electron chi connectivity index (χ4n) is 2.87. The lowest BCUT2D eigenvalue weighted by Crippen LogP contribution is -2.13. The van der Waals surface area contributed by atoms with E-state index in [4.69, 9.17) is 9.47 Å². The molecule has 0 saturated heterocycles. The summed E-state index contributed by atoms with van der Waals surface area (Å²) in [6.45, 7) is 5.02. The highest BCUT2D eigenvalue weighted by Crippen LogP contribution is 2.11. The molecule has 0 unspecified atom stereocenters. The molecule has 1 aromatic heterocycles. The largest absolute Gasteiger partial charge is 0.461 e. The smallest absolute Gasteiger partial charge is 0.356 e. The first-order chi connectivity index (χ1) is 13.7. The molecular weight excluding hydrogens is 354 g/mol. The Kier molecular flexibility index (Phi) is 13.9. The van der Waals surface area contributed by atoms with E-state index in [9.17, 15) is 9.59 Å². The Morgan fingerprint density at radius 1 is 0.679 bits per heavy atom. The molecule has 1 aromatic rings. The van der Waals surface area contributed by atoms with Crippen LogP contribution >= 0.6 is 0 Å². The van der Waals surface area contributed by atoms with Crippen LogP contribution in [-0.2, 0) is 9.47 Å². The molecule has 0 atom stereocenters. The molecular formula is C23H37NO4. The molecule has 1 heterocycles. The van der Waals surface area contributed by atoms with Gasteiger partial charge in [-0.2, -0.15) is 0 Å². The Hall–Kier alpha value is -1.91. The van der Waals surface area contributed by atoms with E-state index >= 15 is 0 Å². The highest BCUT2D eigenvalue weighted by Gasteiger charge is 2.14. The van der Waals surface area contributed by atoms with Gasteiger partial charge in [0.05, 0.1) is 13.2 Å². The van der Waals surface area contributed by atoms with Gasteiger partial charge in [-0.3, -0.25) is 0 Å². The van der Waals surface area contributed by atoms with Crippen molar-refractivity contribution in [1.82, 2.24) is 4.98 Å². The van der Waals surface area contributed by atoms with Crippen LogP contribution in [0, 0.1) is 0 Å². The second kappa shape index (κ2) is 16.1. The molecule has 0 amide bonds. The van der Waals surface area contributed by atoms with E-state index in [-0.39, 0.29) is 11.4 Å². The Labute approximate surface area is 170 Å². The zero-order valence-corrected chi connectivity index (χ0v) is 17.7. The van der Waals surface area contributed by atoms with Crippen LogP contribution in [-0.4, -0.2) is 30.1 Å². The second-order valence-electron chi connectivity index (χ2n) is 7.22. The third-order valence-electron chi connectivity index (χ3n) is 4.63. The van der Waals surface area contributed by atoms with Crippen molar-refractivity contribution in [1.29, 1.82) is 0 Å². The first-order valence-corrected chi connectivity index (χ1v) is 11.0. The topological polar surface area (TPSA) is 65.5 Å². The fraction of sp³-hybridized carbons (Fsp3) is 0.696. The van der Waals surface area contributed by atoms with Gasteiger partial charge in [-0.05, 0) is 25.0 Å². The van der Waals surface area contributed by atoms with E-state index in [0.717, 1.165) is 25.7 Å².